The molecule has 0 saturated carbocycles. The minimum Gasteiger partial charge on any atom is -0.477 e. The van der Waals surface area contributed by atoms with Crippen molar-refractivity contribution in [1.29, 1.82) is 0 Å². The normalized spacial score (nSPS) is 17.8. The van der Waals surface area contributed by atoms with E-state index in [0.717, 1.165) is 6.42 Å². The van der Waals surface area contributed by atoms with Crippen LogP contribution in [-0.4, -0.2) is 24.5 Å². The fraction of sp³-hybridized carbons (Fsp3) is 0.385. The lowest BCUT2D eigenvalue weighted by Gasteiger charge is -2.33. The Morgan fingerprint density at radius 2 is 2.17 bits per heavy atom. The first-order valence-electron chi connectivity index (χ1n) is 5.99. The highest BCUT2D eigenvalue weighted by Crippen LogP contribution is 2.33. The van der Waals surface area contributed by atoms with Crippen molar-refractivity contribution in [1.82, 2.24) is 0 Å². The van der Waals surface area contributed by atoms with E-state index in [1.54, 1.807) is 23.1 Å². The minimum atomic E-state index is -0.777. The van der Waals surface area contributed by atoms with Crippen LogP contribution < -0.4 is 15.4 Å². The molecule has 0 bridgehead atoms. The van der Waals surface area contributed by atoms with Gasteiger partial charge >= 0.3 is 0 Å². The molecule has 0 fully saturated rings. The zero-order chi connectivity index (χ0) is 13.1. The molecule has 1 heterocycles. The monoisotopic (exact) mass is 248 g/mol. The Bertz CT molecular complexity index is 473. The lowest BCUT2D eigenvalue weighted by atomic mass is 10.1. The molecule has 1 unspecified atom stereocenters. The number of benzene rings is 1. The minimum absolute atomic E-state index is 0.0144. The number of carbonyl (C=O) groups is 2. The van der Waals surface area contributed by atoms with Crippen molar-refractivity contribution in [2.24, 2.45) is 5.73 Å². The third kappa shape index (κ3) is 2.30. The van der Waals surface area contributed by atoms with Crippen molar-refractivity contribution in [2.45, 2.75) is 25.9 Å². The van der Waals surface area contributed by atoms with E-state index in [1.165, 1.54) is 0 Å². The smallest absolute Gasteiger partial charge is 0.260 e. The van der Waals surface area contributed by atoms with Crippen LogP contribution in [0.3, 0.4) is 0 Å². The highest BCUT2D eigenvalue weighted by Gasteiger charge is 2.31. The molecule has 2 N–H and O–H groups in total. The summed E-state index contributed by atoms with van der Waals surface area (Å²) in [6.07, 6.45) is 0.431. The van der Waals surface area contributed by atoms with E-state index in [-0.39, 0.29) is 12.5 Å². The predicted octanol–water partition coefficient (Wildman–Crippen LogP) is 1.07. The van der Waals surface area contributed by atoms with Crippen molar-refractivity contribution >= 4 is 17.5 Å². The van der Waals surface area contributed by atoms with Crippen LogP contribution in [0.5, 0.6) is 5.75 Å². The molecule has 0 spiro atoms. The van der Waals surface area contributed by atoms with Crippen LogP contribution in [0.2, 0.25) is 0 Å². The van der Waals surface area contributed by atoms with Gasteiger partial charge in [0.15, 0.2) is 6.10 Å². The second-order valence-electron chi connectivity index (χ2n) is 4.23. The van der Waals surface area contributed by atoms with Gasteiger partial charge in [-0.2, -0.15) is 0 Å². The Kier molecular flexibility index (Phi) is 3.50. The molecule has 5 heteroatoms. The van der Waals surface area contributed by atoms with Crippen LogP contribution in [0, 0.1) is 0 Å². The summed E-state index contributed by atoms with van der Waals surface area (Å²) in [5.41, 5.74) is 5.96. The number of amides is 2. The predicted molar refractivity (Wildman–Crippen MR) is 67.3 cm³/mol. The van der Waals surface area contributed by atoms with Gasteiger partial charge < -0.3 is 15.4 Å². The lowest BCUT2D eigenvalue weighted by molar-refractivity contribution is -0.125. The number of nitrogens with zero attached hydrogens (tertiary/aromatic N) is 1. The molecule has 1 aromatic carbocycles. The van der Waals surface area contributed by atoms with Gasteiger partial charge in [-0.3, -0.25) is 9.59 Å². The molecule has 96 valence electrons. The third-order valence-electron chi connectivity index (χ3n) is 2.86. The lowest BCUT2D eigenvalue weighted by Crippen LogP contribution is -2.49. The topological polar surface area (TPSA) is 72.6 Å². The van der Waals surface area contributed by atoms with Crippen molar-refractivity contribution in [3.05, 3.63) is 24.3 Å². The number of anilines is 1. The van der Waals surface area contributed by atoms with Crippen LogP contribution >= 0.6 is 0 Å². The van der Waals surface area contributed by atoms with E-state index >= 15 is 0 Å². The molecule has 1 aromatic rings. The van der Waals surface area contributed by atoms with Crippen LogP contribution in [-0.2, 0) is 9.59 Å². The molecule has 1 atom stereocenters. The number of hydrogen-bond donors (Lipinski definition) is 1. The van der Waals surface area contributed by atoms with Gasteiger partial charge in [0.1, 0.15) is 5.75 Å². The van der Waals surface area contributed by atoms with Gasteiger partial charge in [-0.1, -0.05) is 19.1 Å². The third-order valence-corrected chi connectivity index (χ3v) is 2.86. The van der Waals surface area contributed by atoms with Crippen molar-refractivity contribution in [3.63, 3.8) is 0 Å². The molecule has 1 aliphatic heterocycles. The number of hydrogen-bond acceptors (Lipinski definition) is 3. The van der Waals surface area contributed by atoms with Gasteiger partial charge in [-0.25, -0.2) is 0 Å². The summed E-state index contributed by atoms with van der Waals surface area (Å²) >= 11 is 0. The SMILES string of the molecule is CCCC(=O)N1CC(C(N)=O)Oc2ccccc21. The van der Waals surface area contributed by atoms with Gasteiger partial charge in [-0.05, 0) is 18.6 Å². The Balaban J connectivity index is 2.33. The molecule has 0 aromatic heterocycles. The first-order chi connectivity index (χ1) is 8.63. The highest BCUT2D eigenvalue weighted by atomic mass is 16.5. The quantitative estimate of drug-likeness (QED) is 0.869. The van der Waals surface area contributed by atoms with Gasteiger partial charge in [0.25, 0.3) is 5.91 Å². The number of fused-ring (bicyclic) bond motifs is 1. The summed E-state index contributed by atoms with van der Waals surface area (Å²) in [4.78, 5) is 24.9. The van der Waals surface area contributed by atoms with Gasteiger partial charge in [0.05, 0.1) is 12.2 Å². The molecule has 0 aliphatic carbocycles. The second kappa shape index (κ2) is 5.08. The average molecular weight is 248 g/mol. The Morgan fingerprint density at radius 1 is 1.44 bits per heavy atom. The summed E-state index contributed by atoms with van der Waals surface area (Å²) in [7, 11) is 0. The molecule has 18 heavy (non-hydrogen) atoms. The Labute approximate surface area is 106 Å². The van der Waals surface area contributed by atoms with E-state index < -0.39 is 12.0 Å². The van der Waals surface area contributed by atoms with E-state index in [0.29, 0.717) is 17.9 Å². The molecule has 0 saturated heterocycles. The fourth-order valence-electron chi connectivity index (χ4n) is 1.97. The molecule has 5 nitrogen and oxygen atoms in total. The molecular weight excluding hydrogens is 232 g/mol. The maximum absolute atomic E-state index is 12.0. The van der Waals surface area contributed by atoms with Crippen LogP contribution in [0.25, 0.3) is 0 Å². The first kappa shape index (κ1) is 12.4. The molecular formula is C13H16N2O3. The van der Waals surface area contributed by atoms with E-state index in [4.69, 9.17) is 10.5 Å². The second-order valence-corrected chi connectivity index (χ2v) is 4.23. The first-order valence-corrected chi connectivity index (χ1v) is 5.99. The van der Waals surface area contributed by atoms with E-state index in [9.17, 15) is 9.59 Å². The van der Waals surface area contributed by atoms with Crippen LogP contribution in [0.15, 0.2) is 24.3 Å². The summed E-state index contributed by atoms with van der Waals surface area (Å²) in [6, 6.07) is 7.17. The van der Waals surface area contributed by atoms with Crippen LogP contribution in [0.4, 0.5) is 5.69 Å². The van der Waals surface area contributed by atoms with Gasteiger partial charge in [-0.15, -0.1) is 0 Å². The zero-order valence-electron chi connectivity index (χ0n) is 10.3. The van der Waals surface area contributed by atoms with Gasteiger partial charge in [0, 0.05) is 6.42 Å². The maximum Gasteiger partial charge on any atom is 0.260 e. The standard InChI is InChI=1S/C13H16N2O3/c1-2-5-12(16)15-8-11(13(14)17)18-10-7-4-3-6-9(10)15/h3-4,6-7,11H,2,5,8H2,1H3,(H2,14,17). The van der Waals surface area contributed by atoms with Crippen LogP contribution in [0.1, 0.15) is 19.8 Å². The summed E-state index contributed by atoms with van der Waals surface area (Å²) in [5.74, 6) is -0.0460. The van der Waals surface area contributed by atoms with Crippen molar-refractivity contribution in [3.8, 4) is 5.75 Å². The number of nitrogens with two attached hydrogens (primary N) is 1. The fourth-order valence-corrected chi connectivity index (χ4v) is 1.97. The molecule has 0 radical (unpaired) electrons. The van der Waals surface area contributed by atoms with Crippen molar-refractivity contribution in [2.75, 3.05) is 11.4 Å². The number of primary amides is 1. The molecule has 1 aliphatic rings. The zero-order valence-corrected chi connectivity index (χ0v) is 10.3. The Morgan fingerprint density at radius 3 is 2.83 bits per heavy atom. The number of ether oxygens (including phenoxy) is 1. The van der Waals surface area contributed by atoms with E-state index in [2.05, 4.69) is 0 Å². The van der Waals surface area contributed by atoms with Crippen molar-refractivity contribution < 1.29 is 14.3 Å². The summed E-state index contributed by atoms with van der Waals surface area (Å²) < 4.78 is 5.48. The van der Waals surface area contributed by atoms with Gasteiger partial charge in [0.2, 0.25) is 5.91 Å². The number of carbonyl (C=O) groups excluding carboxylic acids is 2. The maximum atomic E-state index is 12.0. The highest BCUT2D eigenvalue weighted by molar-refractivity contribution is 5.97. The van der Waals surface area contributed by atoms with E-state index in [1.807, 2.05) is 13.0 Å². The average Bonchev–Trinajstić information content (AvgIpc) is 2.37. The number of para-hydroxylation sites is 2. The summed E-state index contributed by atoms with van der Waals surface area (Å²) in [6.45, 7) is 2.13. The summed E-state index contributed by atoms with van der Waals surface area (Å²) in [5, 5.41) is 0. The molecule has 2 rings (SSSR count). The number of rotatable bonds is 3. The molecule has 2 amide bonds. The largest absolute Gasteiger partial charge is 0.477 e. The Hall–Kier alpha value is -2.04.